The van der Waals surface area contributed by atoms with Gasteiger partial charge in [0.15, 0.2) is 0 Å². The van der Waals surface area contributed by atoms with E-state index in [2.05, 4.69) is 0 Å². The van der Waals surface area contributed by atoms with Crippen LogP contribution in [0.2, 0.25) is 0 Å². The van der Waals surface area contributed by atoms with E-state index in [0.29, 0.717) is 18.2 Å². The average Bonchev–Trinajstić information content (AvgIpc) is 3.19. The highest BCUT2D eigenvalue weighted by Gasteiger charge is 2.32. The minimum Gasteiger partial charge on any atom is -0.395 e. The summed E-state index contributed by atoms with van der Waals surface area (Å²) in [6.07, 6.45) is 4.14. The van der Waals surface area contributed by atoms with Gasteiger partial charge in [0.25, 0.3) is 5.91 Å². The first-order valence-electron chi connectivity index (χ1n) is 5.82. The first-order chi connectivity index (χ1) is 8.26. The van der Waals surface area contributed by atoms with E-state index in [1.54, 1.807) is 16.7 Å². The third-order valence-electron chi connectivity index (χ3n) is 2.93. The van der Waals surface area contributed by atoms with Gasteiger partial charge in [-0.25, -0.2) is 0 Å². The zero-order valence-electron chi connectivity index (χ0n) is 9.93. The molecule has 3 nitrogen and oxygen atoms in total. The quantitative estimate of drug-likeness (QED) is 0.814. The number of aliphatic hydroxyl groups is 1. The van der Waals surface area contributed by atoms with Crippen LogP contribution in [0, 0.1) is 0 Å². The van der Waals surface area contributed by atoms with Gasteiger partial charge in [0.2, 0.25) is 0 Å². The van der Waals surface area contributed by atoms with Gasteiger partial charge in [-0.3, -0.25) is 4.79 Å². The van der Waals surface area contributed by atoms with Gasteiger partial charge in [-0.15, -0.1) is 11.8 Å². The standard InChI is InChI=1S/C13H17NO2S/c1-17-12-6-2-10(3-7-12)13(16)14(8-9-15)11-4-5-11/h2-3,6-7,11,15H,4-5,8-9H2,1H3. The van der Waals surface area contributed by atoms with E-state index in [1.165, 1.54) is 0 Å². The molecule has 1 amide bonds. The molecule has 0 radical (unpaired) electrons. The van der Waals surface area contributed by atoms with Crippen LogP contribution < -0.4 is 0 Å². The minimum absolute atomic E-state index is 0.0329. The lowest BCUT2D eigenvalue weighted by Crippen LogP contribution is -2.35. The van der Waals surface area contributed by atoms with Crippen LogP contribution in [0.5, 0.6) is 0 Å². The number of thioether (sulfide) groups is 1. The average molecular weight is 251 g/mol. The van der Waals surface area contributed by atoms with Crippen molar-refractivity contribution in [2.75, 3.05) is 19.4 Å². The summed E-state index contributed by atoms with van der Waals surface area (Å²) in [5, 5.41) is 8.99. The van der Waals surface area contributed by atoms with Crippen LogP contribution in [0.1, 0.15) is 23.2 Å². The number of aliphatic hydroxyl groups excluding tert-OH is 1. The fourth-order valence-corrected chi connectivity index (χ4v) is 2.25. The Balaban J connectivity index is 2.10. The van der Waals surface area contributed by atoms with E-state index >= 15 is 0 Å². The van der Waals surface area contributed by atoms with Crippen LogP contribution >= 0.6 is 11.8 Å². The van der Waals surface area contributed by atoms with Crippen molar-refractivity contribution in [1.82, 2.24) is 4.90 Å². The SMILES string of the molecule is CSc1ccc(C(=O)N(CCO)C2CC2)cc1. The Morgan fingerprint density at radius 3 is 2.53 bits per heavy atom. The van der Waals surface area contributed by atoms with Crippen LogP contribution in [-0.2, 0) is 0 Å². The zero-order chi connectivity index (χ0) is 12.3. The lowest BCUT2D eigenvalue weighted by molar-refractivity contribution is 0.0707. The highest BCUT2D eigenvalue weighted by molar-refractivity contribution is 7.98. The Kier molecular flexibility index (Phi) is 4.07. The number of carbonyl (C=O) groups excluding carboxylic acids is 1. The van der Waals surface area contributed by atoms with Crippen molar-refractivity contribution in [1.29, 1.82) is 0 Å². The molecule has 0 saturated heterocycles. The molecule has 1 N–H and O–H groups in total. The zero-order valence-corrected chi connectivity index (χ0v) is 10.7. The van der Waals surface area contributed by atoms with Crippen molar-refractivity contribution in [3.63, 3.8) is 0 Å². The van der Waals surface area contributed by atoms with Crippen LogP contribution in [-0.4, -0.2) is 41.4 Å². The summed E-state index contributed by atoms with van der Waals surface area (Å²) >= 11 is 1.66. The number of hydrogen-bond donors (Lipinski definition) is 1. The van der Waals surface area contributed by atoms with E-state index in [-0.39, 0.29) is 12.5 Å². The van der Waals surface area contributed by atoms with Crippen molar-refractivity contribution in [2.24, 2.45) is 0 Å². The van der Waals surface area contributed by atoms with E-state index in [0.717, 1.165) is 17.7 Å². The summed E-state index contributed by atoms with van der Waals surface area (Å²) in [7, 11) is 0. The summed E-state index contributed by atoms with van der Waals surface area (Å²) in [5.74, 6) is 0.0363. The highest BCUT2D eigenvalue weighted by atomic mass is 32.2. The molecule has 92 valence electrons. The summed E-state index contributed by atoms with van der Waals surface area (Å²) in [6.45, 7) is 0.471. The third kappa shape index (κ3) is 3.01. The van der Waals surface area contributed by atoms with Gasteiger partial charge in [0.1, 0.15) is 0 Å². The maximum absolute atomic E-state index is 12.2. The van der Waals surface area contributed by atoms with E-state index in [1.807, 2.05) is 30.5 Å². The first kappa shape index (κ1) is 12.5. The van der Waals surface area contributed by atoms with Gasteiger partial charge >= 0.3 is 0 Å². The second-order valence-electron chi connectivity index (χ2n) is 4.18. The fraction of sp³-hybridized carbons (Fsp3) is 0.462. The second-order valence-corrected chi connectivity index (χ2v) is 5.06. The lowest BCUT2D eigenvalue weighted by Gasteiger charge is -2.21. The molecule has 0 spiro atoms. The summed E-state index contributed by atoms with van der Waals surface area (Å²) in [6, 6.07) is 7.99. The Morgan fingerprint density at radius 2 is 2.06 bits per heavy atom. The molecule has 1 saturated carbocycles. The van der Waals surface area contributed by atoms with Crippen molar-refractivity contribution in [3.05, 3.63) is 29.8 Å². The molecule has 4 heteroatoms. The van der Waals surface area contributed by atoms with Crippen molar-refractivity contribution in [2.45, 2.75) is 23.8 Å². The number of benzene rings is 1. The molecule has 0 bridgehead atoms. The molecule has 0 unspecified atom stereocenters. The predicted octanol–water partition coefficient (Wildman–Crippen LogP) is 2.01. The molecule has 1 fully saturated rings. The smallest absolute Gasteiger partial charge is 0.254 e. The number of carbonyl (C=O) groups is 1. The Morgan fingerprint density at radius 1 is 1.41 bits per heavy atom. The minimum atomic E-state index is 0.0329. The van der Waals surface area contributed by atoms with Gasteiger partial charge < -0.3 is 10.0 Å². The van der Waals surface area contributed by atoms with Gasteiger partial charge in [0.05, 0.1) is 6.61 Å². The molecule has 0 aromatic heterocycles. The van der Waals surface area contributed by atoms with Crippen LogP contribution in [0.25, 0.3) is 0 Å². The number of amides is 1. The van der Waals surface area contributed by atoms with Crippen LogP contribution in [0.3, 0.4) is 0 Å². The van der Waals surface area contributed by atoms with Crippen LogP contribution in [0.4, 0.5) is 0 Å². The molecule has 1 aliphatic rings. The third-order valence-corrected chi connectivity index (χ3v) is 3.67. The van der Waals surface area contributed by atoms with Gasteiger partial charge in [-0.05, 0) is 43.4 Å². The largest absolute Gasteiger partial charge is 0.395 e. The Bertz CT molecular complexity index is 387. The molecule has 1 aromatic rings. The second kappa shape index (κ2) is 5.56. The molecular formula is C13H17NO2S. The maximum atomic E-state index is 12.2. The summed E-state index contributed by atoms with van der Waals surface area (Å²) < 4.78 is 0. The van der Waals surface area contributed by atoms with E-state index in [9.17, 15) is 4.79 Å². The summed E-state index contributed by atoms with van der Waals surface area (Å²) in [5.41, 5.74) is 0.711. The topological polar surface area (TPSA) is 40.5 Å². The van der Waals surface area contributed by atoms with E-state index in [4.69, 9.17) is 5.11 Å². The van der Waals surface area contributed by atoms with Crippen LogP contribution in [0.15, 0.2) is 29.2 Å². The molecule has 0 atom stereocenters. The Hall–Kier alpha value is -1.00. The first-order valence-corrected chi connectivity index (χ1v) is 7.04. The summed E-state index contributed by atoms with van der Waals surface area (Å²) in [4.78, 5) is 15.2. The molecular weight excluding hydrogens is 234 g/mol. The predicted molar refractivity (Wildman–Crippen MR) is 69.4 cm³/mol. The van der Waals surface area contributed by atoms with Gasteiger partial charge in [-0.1, -0.05) is 0 Å². The molecule has 17 heavy (non-hydrogen) atoms. The lowest BCUT2D eigenvalue weighted by atomic mass is 10.2. The maximum Gasteiger partial charge on any atom is 0.254 e. The van der Waals surface area contributed by atoms with Gasteiger partial charge in [0, 0.05) is 23.0 Å². The van der Waals surface area contributed by atoms with Crippen molar-refractivity contribution < 1.29 is 9.90 Å². The number of nitrogens with zero attached hydrogens (tertiary/aromatic N) is 1. The fourth-order valence-electron chi connectivity index (χ4n) is 1.84. The monoisotopic (exact) mass is 251 g/mol. The highest BCUT2D eigenvalue weighted by Crippen LogP contribution is 2.28. The molecule has 0 heterocycles. The molecule has 2 rings (SSSR count). The normalized spacial score (nSPS) is 14.7. The molecule has 1 aliphatic carbocycles. The van der Waals surface area contributed by atoms with Gasteiger partial charge in [-0.2, -0.15) is 0 Å². The van der Waals surface area contributed by atoms with Crippen molar-refractivity contribution in [3.8, 4) is 0 Å². The van der Waals surface area contributed by atoms with E-state index < -0.39 is 0 Å². The molecule has 0 aliphatic heterocycles. The molecule has 1 aromatic carbocycles. The Labute approximate surface area is 106 Å². The number of hydrogen-bond acceptors (Lipinski definition) is 3. The number of rotatable bonds is 5. The van der Waals surface area contributed by atoms with Crippen molar-refractivity contribution >= 4 is 17.7 Å².